The van der Waals surface area contributed by atoms with Gasteiger partial charge in [0, 0.05) is 5.56 Å². The summed E-state index contributed by atoms with van der Waals surface area (Å²) < 4.78 is 52.6. The van der Waals surface area contributed by atoms with Gasteiger partial charge >= 0.3 is 5.97 Å². The lowest BCUT2D eigenvalue weighted by Crippen LogP contribution is -2.15. The monoisotopic (exact) mass is 428 g/mol. The second kappa shape index (κ2) is 10.2. The van der Waals surface area contributed by atoms with Crippen LogP contribution in [0.15, 0.2) is 54.6 Å². The van der Waals surface area contributed by atoms with Gasteiger partial charge in [-0.1, -0.05) is 30.3 Å². The molecule has 0 bridgehead atoms. The van der Waals surface area contributed by atoms with Crippen LogP contribution >= 0.6 is 0 Å². The van der Waals surface area contributed by atoms with Crippen LogP contribution in [-0.4, -0.2) is 19.2 Å². The van der Waals surface area contributed by atoms with Crippen LogP contribution in [0.1, 0.15) is 23.6 Å². The molecule has 0 aliphatic heterocycles. The van der Waals surface area contributed by atoms with Gasteiger partial charge in [0.15, 0.2) is 18.2 Å². The van der Waals surface area contributed by atoms with Crippen LogP contribution in [0.4, 0.5) is 13.2 Å². The number of aryl methyl sites for hydroxylation is 2. The van der Waals surface area contributed by atoms with E-state index in [0.717, 1.165) is 34.4 Å². The lowest BCUT2D eigenvalue weighted by Gasteiger charge is -2.13. The molecule has 3 rings (SSSR count). The first-order chi connectivity index (χ1) is 14.9. The van der Waals surface area contributed by atoms with Crippen molar-refractivity contribution in [3.05, 3.63) is 88.7 Å². The number of ether oxygens (including phenoxy) is 2. The fourth-order valence-electron chi connectivity index (χ4n) is 3.30. The van der Waals surface area contributed by atoms with Gasteiger partial charge in [0.1, 0.15) is 11.6 Å². The molecule has 0 fully saturated rings. The van der Waals surface area contributed by atoms with Gasteiger partial charge in [-0.3, -0.25) is 0 Å². The lowest BCUT2D eigenvalue weighted by atomic mass is 9.95. The van der Waals surface area contributed by atoms with E-state index in [9.17, 15) is 18.0 Å². The molecule has 3 aromatic rings. The molecule has 162 valence electrons. The van der Waals surface area contributed by atoms with Crippen molar-refractivity contribution in [1.82, 2.24) is 0 Å². The fourth-order valence-corrected chi connectivity index (χ4v) is 3.30. The maximum Gasteiger partial charge on any atom is 0.344 e. The first-order valence-electron chi connectivity index (χ1n) is 9.99. The third-order valence-corrected chi connectivity index (χ3v) is 4.95. The quantitative estimate of drug-likeness (QED) is 0.425. The highest BCUT2D eigenvalue weighted by Gasteiger charge is 2.17. The van der Waals surface area contributed by atoms with Crippen LogP contribution in [0.3, 0.4) is 0 Å². The smallest absolute Gasteiger partial charge is 0.344 e. The summed E-state index contributed by atoms with van der Waals surface area (Å²) in [6, 6.07) is 14.2. The van der Waals surface area contributed by atoms with Gasteiger partial charge in [-0.25, -0.2) is 18.0 Å². The van der Waals surface area contributed by atoms with Gasteiger partial charge < -0.3 is 9.47 Å². The third-order valence-electron chi connectivity index (χ3n) is 4.95. The van der Waals surface area contributed by atoms with Crippen molar-refractivity contribution in [2.24, 2.45) is 0 Å². The van der Waals surface area contributed by atoms with E-state index < -0.39 is 24.2 Å². The first-order valence-corrected chi connectivity index (χ1v) is 9.99. The van der Waals surface area contributed by atoms with E-state index >= 15 is 0 Å². The molecule has 0 radical (unpaired) electrons. The maximum atomic E-state index is 14.8. The third kappa shape index (κ3) is 5.66. The first kappa shape index (κ1) is 22.4. The highest BCUT2D eigenvalue weighted by Crippen LogP contribution is 2.27. The van der Waals surface area contributed by atoms with Crippen molar-refractivity contribution in [2.75, 3.05) is 13.2 Å². The van der Waals surface area contributed by atoms with Gasteiger partial charge in [0.2, 0.25) is 0 Å². The number of benzene rings is 3. The average Bonchev–Trinajstić information content (AvgIpc) is 2.74. The van der Waals surface area contributed by atoms with Gasteiger partial charge in [0.05, 0.1) is 6.61 Å². The summed E-state index contributed by atoms with van der Waals surface area (Å²) in [5.74, 6) is -2.67. The van der Waals surface area contributed by atoms with Crippen molar-refractivity contribution < 1.29 is 27.4 Å². The Bertz CT molecular complexity index is 1080. The molecule has 0 atom stereocenters. The number of halogens is 3. The standard InChI is InChI=1S/C25H23F3O3/c1-3-30-24(29)15-31-23-12-11-22(27)21(25(23)28)10-9-17-13-19(8-7-16(17)2)18-5-4-6-20(26)14-18/h4-8,11-14H,3,9-10,15H2,1-2H3. The summed E-state index contributed by atoms with van der Waals surface area (Å²) in [6.45, 7) is 3.30. The van der Waals surface area contributed by atoms with Crippen molar-refractivity contribution >= 4 is 5.97 Å². The summed E-state index contributed by atoms with van der Waals surface area (Å²) in [7, 11) is 0. The van der Waals surface area contributed by atoms with Crippen molar-refractivity contribution in [1.29, 1.82) is 0 Å². The number of hydrogen-bond donors (Lipinski definition) is 0. The van der Waals surface area contributed by atoms with Gasteiger partial charge in [0.25, 0.3) is 0 Å². The minimum Gasteiger partial charge on any atom is -0.479 e. The Hall–Kier alpha value is -3.28. The molecule has 0 saturated carbocycles. The van der Waals surface area contributed by atoms with E-state index in [2.05, 4.69) is 0 Å². The summed E-state index contributed by atoms with van der Waals surface area (Å²) >= 11 is 0. The molecular formula is C25H23F3O3. The van der Waals surface area contributed by atoms with Crippen molar-refractivity contribution in [3.8, 4) is 16.9 Å². The summed E-state index contributed by atoms with van der Waals surface area (Å²) in [5, 5.41) is 0. The van der Waals surface area contributed by atoms with Crippen molar-refractivity contribution in [3.63, 3.8) is 0 Å². The van der Waals surface area contributed by atoms with Crippen LogP contribution < -0.4 is 4.74 Å². The Labute approximate surface area is 179 Å². The summed E-state index contributed by atoms with van der Waals surface area (Å²) in [6.07, 6.45) is 0.478. The van der Waals surface area contributed by atoms with Crippen molar-refractivity contribution in [2.45, 2.75) is 26.7 Å². The topological polar surface area (TPSA) is 35.5 Å². The zero-order valence-corrected chi connectivity index (χ0v) is 17.4. The Morgan fingerprint density at radius 2 is 1.71 bits per heavy atom. The molecule has 0 saturated heterocycles. The fraction of sp³-hybridized carbons (Fsp3) is 0.240. The number of hydrogen-bond acceptors (Lipinski definition) is 3. The number of rotatable bonds is 8. The van der Waals surface area contributed by atoms with E-state index in [4.69, 9.17) is 9.47 Å². The van der Waals surface area contributed by atoms with Crippen LogP contribution in [0.2, 0.25) is 0 Å². The molecule has 0 aromatic heterocycles. The molecule has 0 N–H and O–H groups in total. The van der Waals surface area contributed by atoms with Crippen LogP contribution in [0.25, 0.3) is 11.1 Å². The van der Waals surface area contributed by atoms with E-state index in [-0.39, 0.29) is 30.2 Å². The SMILES string of the molecule is CCOC(=O)COc1ccc(F)c(CCc2cc(-c3cccc(F)c3)ccc2C)c1F. The molecule has 3 nitrogen and oxygen atoms in total. The van der Waals surface area contributed by atoms with Crippen LogP contribution in [0.5, 0.6) is 5.75 Å². The number of carbonyl (C=O) groups excluding carboxylic acids is 1. The highest BCUT2D eigenvalue weighted by molar-refractivity contribution is 5.71. The Balaban J connectivity index is 1.78. The molecule has 31 heavy (non-hydrogen) atoms. The zero-order chi connectivity index (χ0) is 22.4. The second-order valence-electron chi connectivity index (χ2n) is 7.08. The molecule has 0 heterocycles. The maximum absolute atomic E-state index is 14.8. The Kier molecular flexibility index (Phi) is 7.34. The van der Waals surface area contributed by atoms with E-state index in [0.29, 0.717) is 6.42 Å². The molecule has 0 aliphatic rings. The van der Waals surface area contributed by atoms with Crippen LogP contribution in [-0.2, 0) is 22.4 Å². The summed E-state index contributed by atoms with van der Waals surface area (Å²) in [4.78, 5) is 11.4. The molecule has 3 aromatic carbocycles. The number of esters is 1. The highest BCUT2D eigenvalue weighted by atomic mass is 19.1. The minimum absolute atomic E-state index is 0.0989. The van der Waals surface area contributed by atoms with Gasteiger partial charge in [-0.15, -0.1) is 0 Å². The normalized spacial score (nSPS) is 10.7. The predicted octanol–water partition coefficient (Wildman–Crippen LogP) is 5.81. The van der Waals surface area contributed by atoms with Gasteiger partial charge in [-0.05, 0) is 73.2 Å². The average molecular weight is 428 g/mol. The van der Waals surface area contributed by atoms with Crippen LogP contribution in [0, 0.1) is 24.4 Å². The molecule has 0 unspecified atom stereocenters. The zero-order valence-electron chi connectivity index (χ0n) is 17.4. The summed E-state index contributed by atoms with van der Waals surface area (Å²) in [5.41, 5.74) is 3.31. The Morgan fingerprint density at radius 3 is 2.45 bits per heavy atom. The largest absolute Gasteiger partial charge is 0.479 e. The van der Waals surface area contributed by atoms with E-state index in [1.54, 1.807) is 19.1 Å². The van der Waals surface area contributed by atoms with E-state index in [1.165, 1.54) is 12.1 Å². The molecule has 0 amide bonds. The predicted molar refractivity (Wildman–Crippen MR) is 112 cm³/mol. The molecular weight excluding hydrogens is 405 g/mol. The van der Waals surface area contributed by atoms with E-state index in [1.807, 2.05) is 25.1 Å². The van der Waals surface area contributed by atoms with Gasteiger partial charge in [-0.2, -0.15) is 0 Å². The minimum atomic E-state index is -0.830. The molecule has 0 aliphatic carbocycles. The lowest BCUT2D eigenvalue weighted by molar-refractivity contribution is -0.145. The molecule has 0 spiro atoms. The molecule has 6 heteroatoms. The Morgan fingerprint density at radius 1 is 0.935 bits per heavy atom. The number of carbonyl (C=O) groups is 1. The second-order valence-corrected chi connectivity index (χ2v) is 7.08.